The van der Waals surface area contributed by atoms with Crippen LogP contribution >= 0.6 is 0 Å². The Morgan fingerprint density at radius 3 is 2.14 bits per heavy atom. The highest BCUT2D eigenvalue weighted by atomic mass is 19.1. The molecule has 0 aliphatic heterocycles. The monoisotopic (exact) mass is 289 g/mol. The van der Waals surface area contributed by atoms with Gasteiger partial charge in [0.1, 0.15) is 17.3 Å². The Hall–Kier alpha value is -2.07. The van der Waals surface area contributed by atoms with E-state index in [9.17, 15) is 4.39 Å². The van der Waals surface area contributed by atoms with Crippen LogP contribution in [0.4, 0.5) is 4.39 Å². The van der Waals surface area contributed by atoms with Crippen LogP contribution in [0.15, 0.2) is 36.4 Å². The van der Waals surface area contributed by atoms with Crippen LogP contribution in [0.1, 0.15) is 12.5 Å². The maximum Gasteiger partial charge on any atom is 0.128 e. The zero-order valence-corrected chi connectivity index (χ0v) is 12.6. The van der Waals surface area contributed by atoms with E-state index >= 15 is 0 Å². The van der Waals surface area contributed by atoms with E-state index in [1.165, 1.54) is 0 Å². The Balaban J connectivity index is 2.35. The molecule has 3 nitrogen and oxygen atoms in total. The first-order valence-corrected chi connectivity index (χ1v) is 6.90. The Morgan fingerprint density at radius 2 is 1.62 bits per heavy atom. The molecular weight excluding hydrogens is 269 g/mol. The summed E-state index contributed by atoms with van der Waals surface area (Å²) in [5.41, 5.74) is 2.32. The van der Waals surface area contributed by atoms with Gasteiger partial charge in [-0.1, -0.05) is 19.1 Å². The van der Waals surface area contributed by atoms with Gasteiger partial charge in [-0.3, -0.25) is 0 Å². The first kappa shape index (κ1) is 15.3. The average Bonchev–Trinajstić information content (AvgIpc) is 2.53. The Kier molecular flexibility index (Phi) is 5.17. The topological polar surface area (TPSA) is 30.5 Å². The van der Waals surface area contributed by atoms with Gasteiger partial charge in [-0.2, -0.15) is 0 Å². The van der Waals surface area contributed by atoms with Crippen molar-refractivity contribution in [1.29, 1.82) is 0 Å². The molecule has 0 aliphatic carbocycles. The van der Waals surface area contributed by atoms with Crippen molar-refractivity contribution in [1.82, 2.24) is 5.32 Å². The van der Waals surface area contributed by atoms with Gasteiger partial charge in [-0.15, -0.1) is 0 Å². The predicted molar refractivity (Wildman–Crippen MR) is 82.3 cm³/mol. The summed E-state index contributed by atoms with van der Waals surface area (Å²) in [6, 6.07) is 10.8. The van der Waals surface area contributed by atoms with Crippen molar-refractivity contribution >= 4 is 0 Å². The summed E-state index contributed by atoms with van der Waals surface area (Å²) in [6.45, 7) is 3.34. The normalized spacial score (nSPS) is 10.5. The molecule has 0 heterocycles. The van der Waals surface area contributed by atoms with Crippen LogP contribution in [0, 0.1) is 5.82 Å². The molecule has 4 heteroatoms. The van der Waals surface area contributed by atoms with E-state index in [2.05, 4.69) is 5.32 Å². The fraction of sp³-hybridized carbons (Fsp3) is 0.294. The lowest BCUT2D eigenvalue weighted by atomic mass is 10.0. The lowest BCUT2D eigenvalue weighted by Crippen LogP contribution is -2.12. The minimum Gasteiger partial charge on any atom is -0.497 e. The van der Waals surface area contributed by atoms with E-state index in [1.807, 2.05) is 25.1 Å². The molecule has 21 heavy (non-hydrogen) atoms. The standard InChI is InChI=1S/C17H20FNO2/c1-4-19-11-13-6-5-12(9-17(13)18)14-7-15(20-2)10-16(8-14)21-3/h5-10,19H,4,11H2,1-3H3. The molecule has 0 fully saturated rings. The number of hydrogen-bond donors (Lipinski definition) is 1. The summed E-state index contributed by atoms with van der Waals surface area (Å²) in [5.74, 6) is 1.15. The van der Waals surface area contributed by atoms with Crippen LogP contribution in [0.25, 0.3) is 11.1 Å². The molecule has 0 saturated heterocycles. The van der Waals surface area contributed by atoms with Crippen LogP contribution in [-0.2, 0) is 6.54 Å². The minimum absolute atomic E-state index is 0.213. The first-order chi connectivity index (χ1) is 10.2. The predicted octanol–water partition coefficient (Wildman–Crippen LogP) is 3.62. The van der Waals surface area contributed by atoms with E-state index in [1.54, 1.807) is 32.4 Å². The van der Waals surface area contributed by atoms with E-state index < -0.39 is 0 Å². The second-order valence-corrected chi connectivity index (χ2v) is 4.69. The SMILES string of the molecule is CCNCc1ccc(-c2cc(OC)cc(OC)c2)cc1F. The molecule has 112 valence electrons. The number of benzene rings is 2. The Bertz CT molecular complexity index is 591. The molecule has 0 aromatic heterocycles. The fourth-order valence-corrected chi connectivity index (χ4v) is 2.10. The van der Waals surface area contributed by atoms with Crippen LogP contribution < -0.4 is 14.8 Å². The molecular formula is C17H20FNO2. The van der Waals surface area contributed by atoms with Gasteiger partial charge in [0.2, 0.25) is 0 Å². The molecule has 0 atom stereocenters. The van der Waals surface area contributed by atoms with Gasteiger partial charge in [-0.05, 0) is 35.9 Å². The lowest BCUT2D eigenvalue weighted by molar-refractivity contribution is 0.394. The summed E-state index contributed by atoms with van der Waals surface area (Å²) in [5, 5.41) is 3.12. The number of nitrogens with one attached hydrogen (secondary N) is 1. The van der Waals surface area contributed by atoms with Crippen molar-refractivity contribution in [3.05, 3.63) is 47.8 Å². The average molecular weight is 289 g/mol. The van der Waals surface area contributed by atoms with Crippen LogP contribution in [0.3, 0.4) is 0 Å². The Labute approximate surface area is 124 Å². The third-order valence-electron chi connectivity index (χ3n) is 3.30. The molecule has 0 aliphatic rings. The minimum atomic E-state index is -0.213. The summed E-state index contributed by atoms with van der Waals surface area (Å²) in [7, 11) is 3.19. The molecule has 0 bridgehead atoms. The largest absolute Gasteiger partial charge is 0.497 e. The van der Waals surface area contributed by atoms with Crippen LogP contribution in [0.2, 0.25) is 0 Å². The zero-order valence-electron chi connectivity index (χ0n) is 12.6. The second-order valence-electron chi connectivity index (χ2n) is 4.69. The van der Waals surface area contributed by atoms with Crippen molar-refractivity contribution in [3.8, 4) is 22.6 Å². The smallest absolute Gasteiger partial charge is 0.128 e. The van der Waals surface area contributed by atoms with Gasteiger partial charge < -0.3 is 14.8 Å². The van der Waals surface area contributed by atoms with Crippen molar-refractivity contribution < 1.29 is 13.9 Å². The third-order valence-corrected chi connectivity index (χ3v) is 3.30. The highest BCUT2D eigenvalue weighted by molar-refractivity contribution is 5.67. The molecule has 0 radical (unpaired) electrons. The van der Waals surface area contributed by atoms with Gasteiger partial charge in [-0.25, -0.2) is 4.39 Å². The highest BCUT2D eigenvalue weighted by Crippen LogP contribution is 2.30. The summed E-state index contributed by atoms with van der Waals surface area (Å²) in [4.78, 5) is 0. The van der Waals surface area contributed by atoms with Gasteiger partial charge in [0.25, 0.3) is 0 Å². The molecule has 0 spiro atoms. The number of ether oxygens (including phenoxy) is 2. The third kappa shape index (κ3) is 3.73. The van der Waals surface area contributed by atoms with Gasteiger partial charge in [0, 0.05) is 18.2 Å². The zero-order chi connectivity index (χ0) is 15.2. The van der Waals surface area contributed by atoms with E-state index in [0.29, 0.717) is 23.6 Å². The van der Waals surface area contributed by atoms with E-state index in [0.717, 1.165) is 17.7 Å². The maximum absolute atomic E-state index is 14.1. The van der Waals surface area contributed by atoms with Crippen molar-refractivity contribution in [3.63, 3.8) is 0 Å². The first-order valence-electron chi connectivity index (χ1n) is 6.90. The summed E-state index contributed by atoms with van der Waals surface area (Å²) in [6.07, 6.45) is 0. The fourth-order valence-electron chi connectivity index (χ4n) is 2.10. The van der Waals surface area contributed by atoms with Crippen molar-refractivity contribution in [2.24, 2.45) is 0 Å². The van der Waals surface area contributed by atoms with Gasteiger partial charge in [0.05, 0.1) is 14.2 Å². The molecule has 0 unspecified atom stereocenters. The van der Waals surface area contributed by atoms with E-state index in [4.69, 9.17) is 9.47 Å². The van der Waals surface area contributed by atoms with Crippen LogP contribution in [-0.4, -0.2) is 20.8 Å². The number of hydrogen-bond acceptors (Lipinski definition) is 3. The van der Waals surface area contributed by atoms with Gasteiger partial charge >= 0.3 is 0 Å². The molecule has 1 N–H and O–H groups in total. The van der Waals surface area contributed by atoms with Crippen molar-refractivity contribution in [2.45, 2.75) is 13.5 Å². The highest BCUT2D eigenvalue weighted by Gasteiger charge is 2.08. The Morgan fingerprint density at radius 1 is 0.952 bits per heavy atom. The quantitative estimate of drug-likeness (QED) is 0.881. The number of halogens is 1. The lowest BCUT2D eigenvalue weighted by Gasteiger charge is -2.10. The second kappa shape index (κ2) is 7.09. The number of methoxy groups -OCH3 is 2. The molecule has 0 amide bonds. The van der Waals surface area contributed by atoms with E-state index in [-0.39, 0.29) is 5.82 Å². The maximum atomic E-state index is 14.1. The number of rotatable bonds is 6. The van der Waals surface area contributed by atoms with Crippen LogP contribution in [0.5, 0.6) is 11.5 Å². The molecule has 2 rings (SSSR count). The molecule has 2 aromatic rings. The summed E-state index contributed by atoms with van der Waals surface area (Å²) < 4.78 is 24.6. The van der Waals surface area contributed by atoms with Gasteiger partial charge in [0.15, 0.2) is 0 Å². The molecule has 2 aromatic carbocycles. The summed E-state index contributed by atoms with van der Waals surface area (Å²) >= 11 is 0. The molecule has 0 saturated carbocycles. The van der Waals surface area contributed by atoms with Crippen molar-refractivity contribution in [2.75, 3.05) is 20.8 Å².